The molecule has 1 heterocycles. The number of hydrogen-bond donors (Lipinski definition) is 0. The summed E-state index contributed by atoms with van der Waals surface area (Å²) in [6, 6.07) is 11.9. The van der Waals surface area contributed by atoms with E-state index in [-0.39, 0.29) is 5.41 Å². The van der Waals surface area contributed by atoms with Crippen LogP contribution in [0.3, 0.4) is 0 Å². The van der Waals surface area contributed by atoms with E-state index in [4.69, 9.17) is 4.74 Å². The molecule has 0 spiro atoms. The van der Waals surface area contributed by atoms with Crippen molar-refractivity contribution >= 4 is 15.9 Å². The second-order valence-electron chi connectivity index (χ2n) is 5.19. The third kappa shape index (κ3) is 3.33. The molecule has 3 heteroatoms. The maximum atomic E-state index is 5.67. The van der Waals surface area contributed by atoms with Crippen LogP contribution in [0.1, 0.15) is 26.3 Å². The summed E-state index contributed by atoms with van der Waals surface area (Å²) in [4.78, 5) is 4.18. The standard InChI is InChI=1S/C15H16BrNO/c1-15(2,3)11-4-7-13(8-5-11)18-14-9-6-12(16)10-17-14/h4-10H,1-3H3. The summed E-state index contributed by atoms with van der Waals surface area (Å²) in [5.74, 6) is 1.40. The first-order valence-electron chi connectivity index (χ1n) is 5.85. The topological polar surface area (TPSA) is 22.1 Å². The smallest absolute Gasteiger partial charge is 0.219 e. The van der Waals surface area contributed by atoms with Gasteiger partial charge in [0.1, 0.15) is 5.75 Å². The van der Waals surface area contributed by atoms with Crippen molar-refractivity contribution in [3.8, 4) is 11.6 Å². The molecule has 2 nitrogen and oxygen atoms in total. The predicted octanol–water partition coefficient (Wildman–Crippen LogP) is 4.93. The van der Waals surface area contributed by atoms with Crippen LogP contribution in [0.2, 0.25) is 0 Å². The second kappa shape index (κ2) is 5.11. The van der Waals surface area contributed by atoms with Gasteiger partial charge in [-0.2, -0.15) is 0 Å². The number of hydrogen-bond acceptors (Lipinski definition) is 2. The van der Waals surface area contributed by atoms with Gasteiger partial charge < -0.3 is 4.74 Å². The van der Waals surface area contributed by atoms with Crippen LogP contribution >= 0.6 is 15.9 Å². The van der Waals surface area contributed by atoms with E-state index < -0.39 is 0 Å². The zero-order valence-corrected chi connectivity index (χ0v) is 12.4. The van der Waals surface area contributed by atoms with Crippen LogP contribution in [-0.4, -0.2) is 4.98 Å². The van der Waals surface area contributed by atoms with Crippen LogP contribution < -0.4 is 4.74 Å². The molecule has 0 atom stereocenters. The Morgan fingerprint density at radius 2 is 1.67 bits per heavy atom. The van der Waals surface area contributed by atoms with E-state index in [0.717, 1.165) is 10.2 Å². The molecule has 0 fully saturated rings. The Kier molecular flexibility index (Phi) is 3.71. The van der Waals surface area contributed by atoms with Crippen molar-refractivity contribution < 1.29 is 4.74 Å². The average Bonchev–Trinajstić information content (AvgIpc) is 2.32. The Balaban J connectivity index is 2.13. The van der Waals surface area contributed by atoms with Gasteiger partial charge in [0, 0.05) is 16.7 Å². The van der Waals surface area contributed by atoms with Gasteiger partial charge in [-0.05, 0) is 45.1 Å². The number of pyridine rings is 1. The summed E-state index contributed by atoms with van der Waals surface area (Å²) in [7, 11) is 0. The van der Waals surface area contributed by atoms with E-state index in [1.807, 2.05) is 24.3 Å². The van der Waals surface area contributed by atoms with Gasteiger partial charge in [-0.15, -0.1) is 0 Å². The molecule has 94 valence electrons. The fourth-order valence-electron chi connectivity index (χ4n) is 1.57. The Labute approximate surface area is 116 Å². The summed E-state index contributed by atoms with van der Waals surface area (Å²) in [6.07, 6.45) is 1.72. The first-order valence-corrected chi connectivity index (χ1v) is 6.64. The van der Waals surface area contributed by atoms with Crippen molar-refractivity contribution in [3.05, 3.63) is 52.6 Å². The van der Waals surface area contributed by atoms with Crippen LogP contribution in [-0.2, 0) is 5.41 Å². The summed E-state index contributed by atoms with van der Waals surface area (Å²) < 4.78 is 6.61. The Morgan fingerprint density at radius 3 is 2.17 bits per heavy atom. The molecule has 0 saturated heterocycles. The lowest BCUT2D eigenvalue weighted by Gasteiger charge is -2.19. The highest BCUT2D eigenvalue weighted by Gasteiger charge is 2.13. The highest BCUT2D eigenvalue weighted by atomic mass is 79.9. The van der Waals surface area contributed by atoms with Crippen LogP contribution in [0.4, 0.5) is 0 Å². The molecular formula is C15H16BrNO. The van der Waals surface area contributed by atoms with Gasteiger partial charge in [0.2, 0.25) is 5.88 Å². The minimum Gasteiger partial charge on any atom is -0.439 e. The van der Waals surface area contributed by atoms with E-state index in [1.165, 1.54) is 5.56 Å². The molecule has 1 aromatic carbocycles. The fraction of sp³-hybridized carbons (Fsp3) is 0.267. The molecular weight excluding hydrogens is 290 g/mol. The Bertz CT molecular complexity index is 512. The monoisotopic (exact) mass is 305 g/mol. The van der Waals surface area contributed by atoms with Crippen molar-refractivity contribution in [2.75, 3.05) is 0 Å². The quantitative estimate of drug-likeness (QED) is 0.784. The van der Waals surface area contributed by atoms with Gasteiger partial charge in [-0.1, -0.05) is 32.9 Å². The summed E-state index contributed by atoms with van der Waals surface area (Å²) in [6.45, 7) is 6.58. The number of benzene rings is 1. The summed E-state index contributed by atoms with van der Waals surface area (Å²) in [5, 5.41) is 0. The van der Waals surface area contributed by atoms with Crippen molar-refractivity contribution in [1.29, 1.82) is 0 Å². The maximum absolute atomic E-state index is 5.67. The SMILES string of the molecule is CC(C)(C)c1ccc(Oc2ccc(Br)cn2)cc1. The van der Waals surface area contributed by atoms with Gasteiger partial charge >= 0.3 is 0 Å². The van der Waals surface area contributed by atoms with E-state index in [1.54, 1.807) is 6.20 Å². The average molecular weight is 306 g/mol. The lowest BCUT2D eigenvalue weighted by atomic mass is 9.87. The fourth-order valence-corrected chi connectivity index (χ4v) is 1.80. The minimum atomic E-state index is 0.161. The first kappa shape index (κ1) is 13.1. The molecule has 0 aliphatic heterocycles. The van der Waals surface area contributed by atoms with E-state index in [0.29, 0.717) is 5.88 Å². The highest BCUT2D eigenvalue weighted by molar-refractivity contribution is 9.10. The van der Waals surface area contributed by atoms with Crippen LogP contribution in [0.15, 0.2) is 47.1 Å². The molecule has 2 aromatic rings. The largest absolute Gasteiger partial charge is 0.439 e. The molecule has 0 saturated carbocycles. The van der Waals surface area contributed by atoms with Crippen LogP contribution in [0, 0.1) is 0 Å². The first-order chi connectivity index (χ1) is 8.45. The molecule has 0 bridgehead atoms. The zero-order valence-electron chi connectivity index (χ0n) is 10.8. The lowest BCUT2D eigenvalue weighted by Crippen LogP contribution is -2.10. The molecule has 0 aliphatic rings. The maximum Gasteiger partial charge on any atom is 0.219 e. The van der Waals surface area contributed by atoms with Crippen molar-refractivity contribution in [1.82, 2.24) is 4.98 Å². The number of ether oxygens (including phenoxy) is 1. The summed E-state index contributed by atoms with van der Waals surface area (Å²) >= 11 is 3.34. The Morgan fingerprint density at radius 1 is 1.00 bits per heavy atom. The Hall–Kier alpha value is -1.35. The zero-order chi connectivity index (χ0) is 13.2. The lowest BCUT2D eigenvalue weighted by molar-refractivity contribution is 0.462. The van der Waals surface area contributed by atoms with Gasteiger partial charge in [0.05, 0.1) is 0 Å². The summed E-state index contributed by atoms with van der Waals surface area (Å²) in [5.41, 5.74) is 1.45. The number of aromatic nitrogens is 1. The third-order valence-electron chi connectivity index (χ3n) is 2.64. The van der Waals surface area contributed by atoms with Crippen molar-refractivity contribution in [2.24, 2.45) is 0 Å². The van der Waals surface area contributed by atoms with E-state index >= 15 is 0 Å². The molecule has 0 unspecified atom stereocenters. The molecule has 0 aliphatic carbocycles. The second-order valence-corrected chi connectivity index (χ2v) is 6.11. The van der Waals surface area contributed by atoms with Gasteiger partial charge in [0.25, 0.3) is 0 Å². The number of halogens is 1. The normalized spacial score (nSPS) is 11.3. The number of rotatable bonds is 2. The minimum absolute atomic E-state index is 0.161. The van der Waals surface area contributed by atoms with E-state index in [9.17, 15) is 0 Å². The third-order valence-corrected chi connectivity index (χ3v) is 3.11. The molecule has 0 amide bonds. The molecule has 1 aromatic heterocycles. The molecule has 0 N–H and O–H groups in total. The van der Waals surface area contributed by atoms with Crippen LogP contribution in [0.25, 0.3) is 0 Å². The molecule has 2 rings (SSSR count). The van der Waals surface area contributed by atoms with E-state index in [2.05, 4.69) is 53.8 Å². The van der Waals surface area contributed by atoms with Crippen molar-refractivity contribution in [2.45, 2.75) is 26.2 Å². The van der Waals surface area contributed by atoms with Crippen molar-refractivity contribution in [3.63, 3.8) is 0 Å². The predicted molar refractivity (Wildman–Crippen MR) is 77.2 cm³/mol. The van der Waals surface area contributed by atoms with Crippen LogP contribution in [0.5, 0.6) is 11.6 Å². The number of nitrogens with zero attached hydrogens (tertiary/aromatic N) is 1. The van der Waals surface area contributed by atoms with Gasteiger partial charge in [-0.3, -0.25) is 0 Å². The molecule has 18 heavy (non-hydrogen) atoms. The van der Waals surface area contributed by atoms with Gasteiger partial charge in [-0.25, -0.2) is 4.98 Å². The molecule has 0 radical (unpaired) electrons. The highest BCUT2D eigenvalue weighted by Crippen LogP contribution is 2.26. The van der Waals surface area contributed by atoms with Gasteiger partial charge in [0.15, 0.2) is 0 Å².